The van der Waals surface area contributed by atoms with E-state index in [1.807, 2.05) is 0 Å². The van der Waals surface area contributed by atoms with Crippen molar-refractivity contribution in [3.63, 3.8) is 0 Å². The lowest BCUT2D eigenvalue weighted by Gasteiger charge is -2.23. The van der Waals surface area contributed by atoms with Gasteiger partial charge < -0.3 is 35.5 Å². The van der Waals surface area contributed by atoms with E-state index in [-0.39, 0.29) is 16.5 Å². The molecule has 0 aliphatic carbocycles. The molecule has 2 amide bonds. The Labute approximate surface area is 255 Å². The van der Waals surface area contributed by atoms with Gasteiger partial charge in [0.25, 0.3) is 11.8 Å². The number of carbonyl (C=O) groups is 2. The maximum Gasteiger partial charge on any atom is 0.280 e. The highest BCUT2D eigenvalue weighted by atomic mass is 32.1. The smallest absolute Gasteiger partial charge is 0.280 e. The van der Waals surface area contributed by atoms with Crippen LogP contribution in [0, 0.1) is 0 Å². The molecule has 0 saturated carbocycles. The average molecular weight is 594 g/mol. The van der Waals surface area contributed by atoms with Crippen LogP contribution in [0.25, 0.3) is 11.3 Å². The van der Waals surface area contributed by atoms with Crippen LogP contribution >= 0.6 is 11.3 Å². The SMILES string of the molecule is [B]C([B])([B])NC(=O)c1cnc(Nc2ccc(OC)nn2)cc1Nc1cccc(-c2csc(C(=O)NCCOC)n2)c1OC. The largest absolute Gasteiger partial charge is 0.494 e. The lowest BCUT2D eigenvalue weighted by Crippen LogP contribution is -2.50. The summed E-state index contributed by atoms with van der Waals surface area (Å²) in [5, 5.41) is 19.3. The standard InChI is InChI=1S/C26H25B3N8O5S/c1-40-10-9-30-24(39)25-33-18(13-43-25)14-5-4-6-16(22(14)42-3)32-17-11-20(34-19-7-8-21(41-2)37-36-19)31-12-15(17)23(38)35-26(27,28)29/h4-8,11-13H,9-10H2,1-3H3,(H,30,39)(H,35,38)(H2,31,32,34,36). The lowest BCUT2D eigenvalue weighted by atomic mass is 9.49. The number of benzene rings is 1. The average Bonchev–Trinajstić information content (AvgIpc) is 3.47. The molecule has 0 saturated heterocycles. The van der Waals surface area contributed by atoms with Gasteiger partial charge in [0.1, 0.15) is 5.82 Å². The normalized spacial score (nSPS) is 11.0. The summed E-state index contributed by atoms with van der Waals surface area (Å²) in [6.45, 7) is 0.740. The highest BCUT2D eigenvalue weighted by Gasteiger charge is 2.21. The summed E-state index contributed by atoms with van der Waals surface area (Å²) < 4.78 is 15.8. The third-order valence-corrected chi connectivity index (χ3v) is 6.48. The first-order valence-electron chi connectivity index (χ1n) is 12.6. The number of thiazole rings is 1. The quantitative estimate of drug-likeness (QED) is 0.132. The number of nitrogens with one attached hydrogen (secondary N) is 4. The van der Waals surface area contributed by atoms with Crippen molar-refractivity contribution in [1.29, 1.82) is 0 Å². The zero-order valence-electron chi connectivity index (χ0n) is 23.5. The first-order chi connectivity index (χ1) is 20.6. The van der Waals surface area contributed by atoms with Crippen molar-refractivity contribution in [2.75, 3.05) is 45.1 Å². The number of para-hydroxylation sites is 1. The molecule has 0 fully saturated rings. The van der Waals surface area contributed by atoms with Gasteiger partial charge in [0, 0.05) is 42.9 Å². The molecule has 0 aliphatic heterocycles. The van der Waals surface area contributed by atoms with Crippen LogP contribution < -0.4 is 30.7 Å². The van der Waals surface area contributed by atoms with Crippen molar-refractivity contribution >= 4 is 69.7 Å². The van der Waals surface area contributed by atoms with Crippen molar-refractivity contribution < 1.29 is 23.8 Å². The second-order valence-electron chi connectivity index (χ2n) is 8.89. The molecule has 4 N–H and O–H groups in total. The van der Waals surface area contributed by atoms with Crippen molar-refractivity contribution in [1.82, 2.24) is 30.8 Å². The molecule has 0 bridgehead atoms. The zero-order chi connectivity index (χ0) is 31.0. The molecule has 17 heteroatoms. The lowest BCUT2D eigenvalue weighted by molar-refractivity contribution is 0.0933. The molecule has 214 valence electrons. The topological polar surface area (TPSA) is 162 Å². The predicted molar refractivity (Wildman–Crippen MR) is 165 cm³/mol. The number of hydrogen-bond acceptors (Lipinski definition) is 12. The van der Waals surface area contributed by atoms with E-state index in [0.717, 1.165) is 0 Å². The molecule has 4 rings (SSSR count). The van der Waals surface area contributed by atoms with Crippen molar-refractivity contribution in [3.8, 4) is 22.9 Å². The van der Waals surface area contributed by atoms with E-state index in [4.69, 9.17) is 37.7 Å². The molecular formula is C26H25B3N8O5S. The number of rotatable bonds is 13. The number of ether oxygens (including phenoxy) is 3. The Balaban J connectivity index is 1.68. The van der Waals surface area contributed by atoms with E-state index in [0.29, 0.717) is 59.0 Å². The molecule has 0 spiro atoms. The highest BCUT2D eigenvalue weighted by molar-refractivity contribution is 7.12. The van der Waals surface area contributed by atoms with Crippen LogP contribution in [-0.4, -0.2) is 95.2 Å². The molecule has 1 aromatic carbocycles. The first-order valence-corrected chi connectivity index (χ1v) is 13.5. The number of anilines is 4. The van der Waals surface area contributed by atoms with Crippen molar-refractivity contribution in [3.05, 3.63) is 58.5 Å². The van der Waals surface area contributed by atoms with E-state index in [2.05, 4.69) is 41.4 Å². The summed E-state index contributed by atoms with van der Waals surface area (Å²) in [6.07, 6.45) is 1.31. The third-order valence-electron chi connectivity index (χ3n) is 5.64. The fourth-order valence-electron chi connectivity index (χ4n) is 3.74. The predicted octanol–water partition coefficient (Wildman–Crippen LogP) is 1.72. The molecule has 6 radical (unpaired) electrons. The van der Waals surface area contributed by atoms with Crippen LogP contribution in [0.5, 0.6) is 11.6 Å². The molecule has 3 aromatic heterocycles. The maximum absolute atomic E-state index is 13.0. The van der Waals surface area contributed by atoms with E-state index < -0.39 is 11.1 Å². The summed E-state index contributed by atoms with van der Waals surface area (Å²) in [4.78, 5) is 34.3. The Kier molecular flexibility index (Phi) is 10.2. The van der Waals surface area contributed by atoms with Crippen molar-refractivity contribution in [2.24, 2.45) is 0 Å². The molecule has 0 unspecified atom stereocenters. The van der Waals surface area contributed by atoms with Gasteiger partial charge in [-0.15, -0.1) is 21.5 Å². The molecule has 4 aromatic rings. The summed E-state index contributed by atoms with van der Waals surface area (Å²) in [5.41, 5.74) is 1.99. The Hall–Kier alpha value is -4.63. The van der Waals surface area contributed by atoms with E-state index in [1.54, 1.807) is 48.9 Å². The van der Waals surface area contributed by atoms with Crippen LogP contribution in [0.2, 0.25) is 0 Å². The zero-order valence-corrected chi connectivity index (χ0v) is 24.3. The minimum absolute atomic E-state index is 0.0771. The van der Waals surface area contributed by atoms with Gasteiger partial charge in [-0.1, -0.05) is 11.3 Å². The van der Waals surface area contributed by atoms with Crippen LogP contribution in [-0.2, 0) is 4.74 Å². The van der Waals surface area contributed by atoms with Gasteiger partial charge in [-0.05, 0) is 18.2 Å². The minimum atomic E-state index is -1.97. The number of methoxy groups -OCH3 is 3. The summed E-state index contributed by atoms with van der Waals surface area (Å²) in [7, 11) is 21.3. The van der Waals surface area contributed by atoms with E-state index in [1.165, 1.54) is 31.8 Å². The summed E-state index contributed by atoms with van der Waals surface area (Å²) >= 11 is 1.19. The number of hydrogen-bond donors (Lipinski definition) is 4. The number of amides is 2. The molecule has 13 nitrogen and oxygen atoms in total. The highest BCUT2D eigenvalue weighted by Crippen LogP contribution is 2.39. The fraction of sp³-hybridized carbons (Fsp3) is 0.231. The van der Waals surface area contributed by atoms with Crippen LogP contribution in [0.15, 0.2) is 48.0 Å². The van der Waals surface area contributed by atoms with Gasteiger partial charge in [-0.25, -0.2) is 9.97 Å². The number of nitrogens with zero attached hydrogens (tertiary/aromatic N) is 4. The second kappa shape index (κ2) is 14.0. The molecule has 43 heavy (non-hydrogen) atoms. The number of pyridine rings is 1. The van der Waals surface area contributed by atoms with Gasteiger partial charge in [0.2, 0.25) is 5.88 Å². The van der Waals surface area contributed by atoms with Gasteiger partial charge in [-0.2, -0.15) is 0 Å². The monoisotopic (exact) mass is 594 g/mol. The first kappa shape index (κ1) is 31.3. The Bertz CT molecular complexity index is 1580. The van der Waals surface area contributed by atoms with Crippen LogP contribution in [0.1, 0.15) is 20.2 Å². The third kappa shape index (κ3) is 8.23. The maximum atomic E-state index is 13.0. The van der Waals surface area contributed by atoms with Crippen LogP contribution in [0.3, 0.4) is 0 Å². The van der Waals surface area contributed by atoms with Gasteiger partial charge in [0.15, 0.2) is 16.6 Å². The molecular weight excluding hydrogens is 569 g/mol. The summed E-state index contributed by atoms with van der Waals surface area (Å²) in [5.74, 6) is 0.461. The Morgan fingerprint density at radius 1 is 0.953 bits per heavy atom. The van der Waals surface area contributed by atoms with E-state index >= 15 is 0 Å². The van der Waals surface area contributed by atoms with E-state index in [9.17, 15) is 9.59 Å². The number of aromatic nitrogens is 4. The Morgan fingerprint density at radius 2 is 1.77 bits per heavy atom. The summed E-state index contributed by atoms with van der Waals surface area (Å²) in [6, 6.07) is 10.2. The molecule has 3 heterocycles. The second-order valence-corrected chi connectivity index (χ2v) is 9.74. The minimum Gasteiger partial charge on any atom is -0.494 e. The molecule has 0 aliphatic rings. The Morgan fingerprint density at radius 3 is 2.44 bits per heavy atom. The van der Waals surface area contributed by atoms with Crippen molar-refractivity contribution in [2.45, 2.75) is 5.24 Å². The van der Waals surface area contributed by atoms with Crippen LogP contribution in [0.4, 0.5) is 23.0 Å². The molecule has 0 atom stereocenters. The fourth-order valence-corrected chi connectivity index (χ4v) is 4.48. The van der Waals surface area contributed by atoms with Gasteiger partial charge in [-0.3, -0.25) is 9.59 Å². The van der Waals surface area contributed by atoms with Gasteiger partial charge in [0.05, 0.1) is 67.0 Å². The van der Waals surface area contributed by atoms with Gasteiger partial charge >= 0.3 is 0 Å². The number of carbonyl (C=O) groups excluding carboxylic acids is 2.